The van der Waals surface area contributed by atoms with Crippen LogP contribution in [0.3, 0.4) is 0 Å². The molecule has 0 bridgehead atoms. The number of thioether (sulfide) groups is 1. The van der Waals surface area contributed by atoms with Crippen LogP contribution in [0.2, 0.25) is 0 Å². The molecule has 0 aliphatic rings. The van der Waals surface area contributed by atoms with Crippen molar-refractivity contribution < 1.29 is 14.3 Å². The van der Waals surface area contributed by atoms with Crippen LogP contribution in [0.5, 0.6) is 11.5 Å². The molecule has 3 aromatic carbocycles. The number of carbonyl (C=O) groups is 1. The fraction of sp³-hybridized carbons (Fsp3) is 0.120. The summed E-state index contributed by atoms with van der Waals surface area (Å²) in [6, 6.07) is 23.0. The van der Waals surface area contributed by atoms with Gasteiger partial charge < -0.3 is 9.47 Å². The molecule has 0 saturated heterocycles. The fourth-order valence-electron chi connectivity index (χ4n) is 3.24. The largest absolute Gasteiger partial charge is 0.497 e. The highest BCUT2D eigenvalue weighted by Crippen LogP contribution is 2.28. The lowest BCUT2D eigenvalue weighted by Crippen LogP contribution is -2.20. The Labute approximate surface area is 215 Å². The number of para-hydroxylation sites is 1. The first-order valence-electron chi connectivity index (χ1n) is 10.5. The molecule has 0 saturated carbocycles. The van der Waals surface area contributed by atoms with E-state index >= 15 is 0 Å². The van der Waals surface area contributed by atoms with Gasteiger partial charge in [0.15, 0.2) is 11.0 Å². The lowest BCUT2D eigenvalue weighted by molar-refractivity contribution is -0.118. The third kappa shape index (κ3) is 6.09. The van der Waals surface area contributed by atoms with Crippen molar-refractivity contribution in [2.75, 3.05) is 20.0 Å². The van der Waals surface area contributed by atoms with Crippen molar-refractivity contribution in [1.82, 2.24) is 20.2 Å². The number of aromatic nitrogens is 3. The summed E-state index contributed by atoms with van der Waals surface area (Å²) in [4.78, 5) is 12.5. The van der Waals surface area contributed by atoms with Crippen molar-refractivity contribution in [2.45, 2.75) is 5.16 Å². The first-order valence-corrected chi connectivity index (χ1v) is 12.3. The lowest BCUT2D eigenvalue weighted by Gasteiger charge is -2.10. The SMILES string of the molecule is COc1ccc(OC)c(C=NNC(=O)CSc2nnc(-c3ccc(Br)cc3)n2-c2ccccc2)c1. The van der Waals surface area contributed by atoms with E-state index in [0.29, 0.717) is 28.0 Å². The van der Waals surface area contributed by atoms with Crippen LogP contribution < -0.4 is 14.9 Å². The third-order valence-electron chi connectivity index (χ3n) is 4.91. The summed E-state index contributed by atoms with van der Waals surface area (Å²) in [5.74, 6) is 1.80. The number of nitrogens with one attached hydrogen (secondary N) is 1. The van der Waals surface area contributed by atoms with Gasteiger partial charge in [-0.25, -0.2) is 5.43 Å². The Balaban J connectivity index is 1.48. The fourth-order valence-corrected chi connectivity index (χ4v) is 4.24. The van der Waals surface area contributed by atoms with E-state index in [1.165, 1.54) is 18.0 Å². The predicted molar refractivity (Wildman–Crippen MR) is 141 cm³/mol. The molecular weight excluding hydrogens is 530 g/mol. The summed E-state index contributed by atoms with van der Waals surface area (Å²) >= 11 is 4.74. The number of amides is 1. The van der Waals surface area contributed by atoms with E-state index < -0.39 is 0 Å². The van der Waals surface area contributed by atoms with E-state index in [4.69, 9.17) is 9.47 Å². The molecule has 8 nitrogen and oxygen atoms in total. The van der Waals surface area contributed by atoms with Gasteiger partial charge in [-0.15, -0.1) is 10.2 Å². The summed E-state index contributed by atoms with van der Waals surface area (Å²) in [5, 5.41) is 13.4. The van der Waals surface area contributed by atoms with Gasteiger partial charge in [-0.1, -0.05) is 58.0 Å². The molecular formula is C25H22BrN5O3S. The highest BCUT2D eigenvalue weighted by molar-refractivity contribution is 9.10. The number of nitrogens with zero attached hydrogens (tertiary/aromatic N) is 4. The van der Waals surface area contributed by atoms with Gasteiger partial charge in [-0.05, 0) is 42.5 Å². The summed E-state index contributed by atoms with van der Waals surface area (Å²) in [6.07, 6.45) is 1.52. The molecule has 35 heavy (non-hydrogen) atoms. The Morgan fingerprint density at radius 1 is 1.06 bits per heavy atom. The zero-order valence-corrected chi connectivity index (χ0v) is 21.4. The Morgan fingerprint density at radius 3 is 2.54 bits per heavy atom. The second kappa shape index (κ2) is 11.7. The quantitative estimate of drug-likeness (QED) is 0.180. The molecule has 0 unspecified atom stereocenters. The van der Waals surface area contributed by atoms with Gasteiger partial charge >= 0.3 is 0 Å². The molecule has 1 heterocycles. The molecule has 1 N–H and O–H groups in total. The van der Waals surface area contributed by atoms with E-state index in [0.717, 1.165) is 15.7 Å². The molecule has 1 aromatic heterocycles. The van der Waals surface area contributed by atoms with E-state index in [2.05, 4.69) is 36.7 Å². The Morgan fingerprint density at radius 2 is 1.83 bits per heavy atom. The van der Waals surface area contributed by atoms with Crippen LogP contribution in [-0.4, -0.2) is 46.9 Å². The van der Waals surface area contributed by atoms with Crippen LogP contribution in [0.15, 0.2) is 87.5 Å². The number of hydrogen-bond acceptors (Lipinski definition) is 7. The topological polar surface area (TPSA) is 90.6 Å². The summed E-state index contributed by atoms with van der Waals surface area (Å²) in [6.45, 7) is 0. The molecule has 10 heteroatoms. The number of hydrazone groups is 1. The van der Waals surface area contributed by atoms with E-state index in [-0.39, 0.29) is 11.7 Å². The smallest absolute Gasteiger partial charge is 0.250 e. The number of benzene rings is 3. The Kier molecular flexibility index (Phi) is 8.17. The average Bonchev–Trinajstić information content (AvgIpc) is 3.32. The summed E-state index contributed by atoms with van der Waals surface area (Å²) in [7, 11) is 3.15. The number of halogens is 1. The van der Waals surface area contributed by atoms with Gasteiger partial charge in [0.2, 0.25) is 0 Å². The Bertz CT molecular complexity index is 1330. The molecule has 0 fully saturated rings. The molecule has 1 amide bonds. The van der Waals surface area contributed by atoms with Crippen molar-refractivity contribution >= 4 is 39.8 Å². The maximum Gasteiger partial charge on any atom is 0.250 e. The van der Waals surface area contributed by atoms with Crippen molar-refractivity contribution in [3.8, 4) is 28.6 Å². The van der Waals surface area contributed by atoms with Crippen LogP contribution >= 0.6 is 27.7 Å². The number of ether oxygens (including phenoxy) is 2. The van der Waals surface area contributed by atoms with Gasteiger partial charge in [0, 0.05) is 21.3 Å². The number of methoxy groups -OCH3 is 2. The highest BCUT2D eigenvalue weighted by atomic mass is 79.9. The second-order valence-corrected chi connectivity index (χ2v) is 9.03. The zero-order valence-electron chi connectivity index (χ0n) is 19.0. The van der Waals surface area contributed by atoms with Gasteiger partial charge in [-0.3, -0.25) is 9.36 Å². The Hall–Kier alpha value is -3.63. The molecule has 0 aliphatic carbocycles. The summed E-state index contributed by atoms with van der Waals surface area (Å²) in [5.41, 5.74) is 5.05. The summed E-state index contributed by atoms with van der Waals surface area (Å²) < 4.78 is 13.5. The molecule has 0 aliphatic heterocycles. The van der Waals surface area contributed by atoms with Crippen molar-refractivity contribution in [3.05, 3.63) is 82.8 Å². The van der Waals surface area contributed by atoms with Gasteiger partial charge in [-0.2, -0.15) is 5.10 Å². The first-order chi connectivity index (χ1) is 17.1. The molecule has 0 radical (unpaired) electrons. The minimum absolute atomic E-state index is 0.109. The average molecular weight is 552 g/mol. The molecule has 0 spiro atoms. The van der Waals surface area contributed by atoms with Crippen LogP contribution in [0.1, 0.15) is 5.56 Å². The normalized spacial score (nSPS) is 10.9. The van der Waals surface area contributed by atoms with Gasteiger partial charge in [0.05, 0.1) is 26.2 Å². The van der Waals surface area contributed by atoms with Gasteiger partial charge in [0.25, 0.3) is 5.91 Å². The maximum atomic E-state index is 12.5. The number of carbonyl (C=O) groups excluding carboxylic acids is 1. The maximum absolute atomic E-state index is 12.5. The van der Waals surface area contributed by atoms with E-state index in [9.17, 15) is 4.79 Å². The van der Waals surface area contributed by atoms with Crippen molar-refractivity contribution in [1.29, 1.82) is 0 Å². The lowest BCUT2D eigenvalue weighted by atomic mass is 10.2. The number of hydrogen-bond donors (Lipinski definition) is 1. The predicted octanol–water partition coefficient (Wildman–Crippen LogP) is 4.96. The minimum atomic E-state index is -0.277. The van der Waals surface area contributed by atoms with Crippen molar-refractivity contribution in [2.24, 2.45) is 5.10 Å². The van der Waals surface area contributed by atoms with Crippen LogP contribution in [0, 0.1) is 0 Å². The monoisotopic (exact) mass is 551 g/mol. The van der Waals surface area contributed by atoms with Crippen LogP contribution in [0.4, 0.5) is 0 Å². The second-order valence-electron chi connectivity index (χ2n) is 7.17. The standard InChI is InChI=1S/C25H22BrN5O3S/c1-33-21-12-13-22(34-2)18(14-21)15-27-28-23(32)16-35-25-30-29-24(17-8-10-19(26)11-9-17)31(25)20-6-4-3-5-7-20/h3-15H,16H2,1-2H3,(H,28,32). The highest BCUT2D eigenvalue weighted by Gasteiger charge is 2.17. The van der Waals surface area contributed by atoms with Crippen LogP contribution in [-0.2, 0) is 4.79 Å². The molecule has 4 aromatic rings. The molecule has 4 rings (SSSR count). The van der Waals surface area contributed by atoms with E-state index in [1.807, 2.05) is 59.2 Å². The third-order valence-corrected chi connectivity index (χ3v) is 6.37. The number of rotatable bonds is 9. The zero-order chi connectivity index (χ0) is 24.6. The van der Waals surface area contributed by atoms with Crippen LogP contribution in [0.25, 0.3) is 17.1 Å². The first kappa shape index (κ1) is 24.5. The molecule has 178 valence electrons. The molecule has 0 atom stereocenters. The minimum Gasteiger partial charge on any atom is -0.497 e. The van der Waals surface area contributed by atoms with E-state index in [1.54, 1.807) is 32.4 Å². The van der Waals surface area contributed by atoms with Crippen molar-refractivity contribution in [3.63, 3.8) is 0 Å². The van der Waals surface area contributed by atoms with Gasteiger partial charge in [0.1, 0.15) is 11.5 Å².